The van der Waals surface area contributed by atoms with Gasteiger partial charge in [-0.3, -0.25) is 10.2 Å². The van der Waals surface area contributed by atoms with E-state index in [1.165, 1.54) is 22.7 Å². The first-order chi connectivity index (χ1) is 16.5. The van der Waals surface area contributed by atoms with Gasteiger partial charge in [-0.05, 0) is 49.6 Å². The molecule has 34 heavy (non-hydrogen) atoms. The van der Waals surface area contributed by atoms with E-state index in [1.54, 1.807) is 17.1 Å². The molecule has 8 nitrogen and oxygen atoms in total. The molecule has 4 aromatic rings. The van der Waals surface area contributed by atoms with Crippen molar-refractivity contribution in [3.8, 4) is 16.5 Å². The molecule has 0 saturated carbocycles. The van der Waals surface area contributed by atoms with Crippen molar-refractivity contribution < 1.29 is 19.4 Å². The third-order valence-corrected chi connectivity index (χ3v) is 7.33. The Balaban J connectivity index is 1.45. The highest BCUT2D eigenvalue weighted by molar-refractivity contribution is 7.22. The minimum atomic E-state index is -1.41. The van der Waals surface area contributed by atoms with E-state index in [0.717, 1.165) is 39.9 Å². The van der Waals surface area contributed by atoms with E-state index in [2.05, 4.69) is 15.3 Å². The Bertz CT molecular complexity index is 1390. The molecule has 0 fully saturated rings. The van der Waals surface area contributed by atoms with Crippen molar-refractivity contribution in [2.75, 3.05) is 16.8 Å². The zero-order valence-corrected chi connectivity index (χ0v) is 19.8. The maximum absolute atomic E-state index is 13.2. The van der Waals surface area contributed by atoms with Crippen LogP contribution in [0.15, 0.2) is 48.5 Å². The molecule has 0 spiro atoms. The molecule has 2 aromatic carbocycles. The zero-order chi connectivity index (χ0) is 23.7. The lowest BCUT2D eigenvalue weighted by Crippen LogP contribution is -2.38. The molecule has 10 heteroatoms. The van der Waals surface area contributed by atoms with E-state index < -0.39 is 6.16 Å². The van der Waals surface area contributed by atoms with Crippen molar-refractivity contribution in [1.82, 2.24) is 9.97 Å². The number of nitrogens with one attached hydrogen (secondary N) is 1. The largest absolute Gasteiger partial charge is 0.512 e. The highest BCUT2D eigenvalue weighted by atomic mass is 32.1. The van der Waals surface area contributed by atoms with Crippen LogP contribution in [0, 0.1) is 0 Å². The van der Waals surface area contributed by atoms with Crippen LogP contribution < -0.4 is 15.0 Å². The Morgan fingerprint density at radius 3 is 2.82 bits per heavy atom. The number of urea groups is 1. The number of ether oxygens (including phenoxy) is 1. The molecule has 0 aliphatic carbocycles. The van der Waals surface area contributed by atoms with Crippen LogP contribution in [0.1, 0.15) is 23.8 Å². The summed E-state index contributed by atoms with van der Waals surface area (Å²) in [6.45, 7) is 2.42. The molecule has 5 rings (SSSR count). The average Bonchev–Trinajstić information content (AvgIpc) is 3.41. The molecule has 1 aliphatic heterocycles. The molecule has 0 unspecified atom stereocenters. The molecule has 0 bridgehead atoms. The van der Waals surface area contributed by atoms with Crippen molar-refractivity contribution in [2.24, 2.45) is 0 Å². The van der Waals surface area contributed by atoms with Crippen LogP contribution in [0.2, 0.25) is 0 Å². The minimum absolute atomic E-state index is 0.0498. The van der Waals surface area contributed by atoms with Gasteiger partial charge in [0.2, 0.25) is 5.88 Å². The van der Waals surface area contributed by atoms with E-state index in [0.29, 0.717) is 21.6 Å². The molecule has 172 valence electrons. The first-order valence-corrected chi connectivity index (χ1v) is 12.3. The number of fused-ring (bicyclic) bond motifs is 2. The first kappa shape index (κ1) is 22.1. The van der Waals surface area contributed by atoms with Gasteiger partial charge in [0, 0.05) is 17.8 Å². The molecule has 0 atom stereocenters. The van der Waals surface area contributed by atoms with Crippen LogP contribution >= 0.6 is 22.7 Å². The molecule has 1 aliphatic rings. The number of para-hydroxylation sites is 1. The lowest BCUT2D eigenvalue weighted by atomic mass is 10.00. The zero-order valence-electron chi connectivity index (χ0n) is 18.1. The maximum atomic E-state index is 13.2. The summed E-state index contributed by atoms with van der Waals surface area (Å²) in [6, 6.07) is 13.4. The molecule has 2 N–H and O–H groups in total. The van der Waals surface area contributed by atoms with Crippen molar-refractivity contribution in [1.29, 1.82) is 0 Å². The second-order valence-electron chi connectivity index (χ2n) is 7.57. The fourth-order valence-corrected chi connectivity index (χ4v) is 5.67. The number of hydrogen-bond donors (Lipinski definition) is 2. The van der Waals surface area contributed by atoms with E-state index >= 15 is 0 Å². The third-order valence-electron chi connectivity index (χ3n) is 5.33. The summed E-state index contributed by atoms with van der Waals surface area (Å²) in [6.07, 6.45) is 3.88. The standard InChI is InChI=1S/C24H20N4O4S2/c1-2-6-19-20(32-24(30)31)26-21(33-19)15-11-10-14-7-5-12-28(17(14)13-15)23(29)27-22-25-16-8-3-4-9-18(16)34-22/h2-4,6,8-11,13H,5,7,12H2,1H3,(H,30,31)(H,25,27,29)/b6-2+. The normalized spacial score (nSPS) is 13.3. The number of carbonyl (C=O) groups is 2. The number of carbonyl (C=O) groups excluding carboxylic acids is 1. The number of allylic oxidation sites excluding steroid dienone is 1. The number of hydrogen-bond acceptors (Lipinski definition) is 7. The lowest BCUT2D eigenvalue weighted by Gasteiger charge is -2.29. The molecule has 0 radical (unpaired) electrons. The molecule has 3 heterocycles. The second kappa shape index (κ2) is 9.24. The Kier molecular flexibility index (Phi) is 5.99. The summed E-state index contributed by atoms with van der Waals surface area (Å²) in [7, 11) is 0. The summed E-state index contributed by atoms with van der Waals surface area (Å²) < 4.78 is 5.86. The predicted molar refractivity (Wildman–Crippen MR) is 135 cm³/mol. The summed E-state index contributed by atoms with van der Waals surface area (Å²) in [4.78, 5) is 35.5. The number of anilines is 2. The summed E-state index contributed by atoms with van der Waals surface area (Å²) in [5, 5.41) is 13.1. The second-order valence-corrected chi connectivity index (χ2v) is 9.63. The number of benzene rings is 2. The molecule has 2 amide bonds. The fourth-order valence-electron chi connectivity index (χ4n) is 3.86. The number of amides is 2. The fraction of sp³-hybridized carbons (Fsp3) is 0.167. The SMILES string of the molecule is C/C=C/c1sc(-c2ccc3c(c2)N(C(=O)Nc2nc4ccccc4s2)CCC3)nc1OC(=O)O. The van der Waals surface area contributed by atoms with Gasteiger partial charge in [-0.2, -0.15) is 0 Å². The van der Waals surface area contributed by atoms with Crippen LogP contribution in [-0.2, 0) is 6.42 Å². The van der Waals surface area contributed by atoms with Gasteiger partial charge in [0.25, 0.3) is 0 Å². The van der Waals surface area contributed by atoms with Crippen LogP contribution in [0.3, 0.4) is 0 Å². The summed E-state index contributed by atoms with van der Waals surface area (Å²) in [5.41, 5.74) is 3.52. The van der Waals surface area contributed by atoms with Crippen LogP contribution in [0.4, 0.5) is 20.4 Å². The van der Waals surface area contributed by atoms with Crippen LogP contribution in [0.25, 0.3) is 26.9 Å². The van der Waals surface area contributed by atoms with E-state index in [-0.39, 0.29) is 11.9 Å². The van der Waals surface area contributed by atoms with Gasteiger partial charge in [0.1, 0.15) is 5.01 Å². The number of thiazole rings is 2. The van der Waals surface area contributed by atoms with Gasteiger partial charge in [-0.25, -0.2) is 19.6 Å². The van der Waals surface area contributed by atoms with Gasteiger partial charge in [0.05, 0.1) is 15.1 Å². The van der Waals surface area contributed by atoms with E-state index in [4.69, 9.17) is 9.84 Å². The third kappa shape index (κ3) is 4.37. The van der Waals surface area contributed by atoms with E-state index in [9.17, 15) is 9.59 Å². The highest BCUT2D eigenvalue weighted by Gasteiger charge is 2.25. The average molecular weight is 493 g/mol. The van der Waals surface area contributed by atoms with Gasteiger partial charge in [-0.15, -0.1) is 11.3 Å². The van der Waals surface area contributed by atoms with Gasteiger partial charge in [0.15, 0.2) is 5.13 Å². The Morgan fingerprint density at radius 1 is 1.18 bits per heavy atom. The Morgan fingerprint density at radius 2 is 2.03 bits per heavy atom. The molecular weight excluding hydrogens is 472 g/mol. The lowest BCUT2D eigenvalue weighted by molar-refractivity contribution is 0.143. The van der Waals surface area contributed by atoms with Gasteiger partial charge >= 0.3 is 12.2 Å². The van der Waals surface area contributed by atoms with Crippen LogP contribution in [-0.4, -0.2) is 33.8 Å². The maximum Gasteiger partial charge on any atom is 0.512 e. The van der Waals surface area contributed by atoms with Gasteiger partial charge in [-0.1, -0.05) is 41.7 Å². The van der Waals surface area contributed by atoms with E-state index in [1.807, 2.05) is 49.4 Å². The Hall–Kier alpha value is -3.76. The number of nitrogens with zero attached hydrogens (tertiary/aromatic N) is 3. The number of carboxylic acid groups (broad SMARTS) is 1. The predicted octanol–water partition coefficient (Wildman–Crippen LogP) is 6.49. The number of aryl methyl sites for hydroxylation is 1. The number of aromatic nitrogens is 2. The monoisotopic (exact) mass is 492 g/mol. The molecule has 2 aromatic heterocycles. The van der Waals surface area contributed by atoms with Crippen molar-refractivity contribution in [2.45, 2.75) is 19.8 Å². The highest BCUT2D eigenvalue weighted by Crippen LogP contribution is 2.38. The quantitative estimate of drug-likeness (QED) is 0.315. The van der Waals surface area contributed by atoms with Crippen LogP contribution in [0.5, 0.6) is 5.88 Å². The van der Waals surface area contributed by atoms with Crippen molar-refractivity contribution >= 4 is 62.0 Å². The molecule has 0 saturated heterocycles. The van der Waals surface area contributed by atoms with Crippen molar-refractivity contribution in [3.63, 3.8) is 0 Å². The van der Waals surface area contributed by atoms with Crippen molar-refractivity contribution in [3.05, 3.63) is 59.0 Å². The van der Waals surface area contributed by atoms with Gasteiger partial charge < -0.3 is 9.84 Å². The first-order valence-electron chi connectivity index (χ1n) is 10.6. The minimum Gasteiger partial charge on any atom is -0.449 e. The smallest absolute Gasteiger partial charge is 0.449 e. The Labute approximate surface area is 203 Å². The number of rotatable bonds is 4. The summed E-state index contributed by atoms with van der Waals surface area (Å²) >= 11 is 2.77. The summed E-state index contributed by atoms with van der Waals surface area (Å²) in [5.74, 6) is 0.0498. The molecular formula is C24H20N4O4S2. The topological polar surface area (TPSA) is 105 Å².